The molecule has 3 aromatic rings. The first-order valence-corrected chi connectivity index (χ1v) is 20.7. The molecule has 23 nitrogen and oxygen atoms in total. The van der Waals surface area contributed by atoms with Crippen molar-refractivity contribution in [2.45, 2.75) is 94.1 Å². The monoisotopic (exact) mass is 897 g/mol. The van der Waals surface area contributed by atoms with Crippen molar-refractivity contribution in [1.29, 1.82) is 5.26 Å². The number of hydrogen-bond acceptors (Lipinski definition) is 18. The van der Waals surface area contributed by atoms with Crippen LogP contribution < -0.4 is 25.6 Å². The number of aromatic nitrogens is 3. The molecule has 0 spiro atoms. The van der Waals surface area contributed by atoms with E-state index in [1.807, 2.05) is 18.0 Å². The molecule has 5 heterocycles. The van der Waals surface area contributed by atoms with Crippen molar-refractivity contribution in [3.63, 3.8) is 0 Å². The Balaban J connectivity index is 1.02. The molecule has 1 aromatic carbocycles. The van der Waals surface area contributed by atoms with E-state index in [1.54, 1.807) is 41.4 Å². The molecular weight excluding hydrogens is 842 g/mol. The summed E-state index contributed by atoms with van der Waals surface area (Å²) in [6.07, 6.45) is -9.84. The summed E-state index contributed by atoms with van der Waals surface area (Å²) >= 11 is 0. The smallest absolute Gasteiger partial charge is 0.331 e. The molecule has 12 atom stereocenters. The van der Waals surface area contributed by atoms with Crippen LogP contribution in [0.4, 0.5) is 16.3 Å². The number of nitriles is 1. The summed E-state index contributed by atoms with van der Waals surface area (Å²) in [7, 11) is 4.38. The Morgan fingerprint density at radius 2 is 1.75 bits per heavy atom. The Hall–Kier alpha value is -5.55. The first-order chi connectivity index (χ1) is 30.7. The zero-order chi connectivity index (χ0) is 46.2. The largest absolute Gasteiger partial charge is 0.492 e. The van der Waals surface area contributed by atoms with Crippen molar-refractivity contribution in [3.05, 3.63) is 42.9 Å². The fraction of sp³-hybridized carbons (Fsp3) is 0.585. The minimum absolute atomic E-state index is 0.0137. The zero-order valence-electron chi connectivity index (χ0n) is 36.0. The number of carbonyl (C=O) groups is 4. The van der Waals surface area contributed by atoms with Crippen molar-refractivity contribution in [2.24, 2.45) is 5.92 Å². The van der Waals surface area contributed by atoms with E-state index >= 15 is 0 Å². The normalized spacial score (nSPS) is 29.3. The molecule has 0 radical (unpaired) electrons. The van der Waals surface area contributed by atoms with E-state index in [2.05, 4.69) is 32.8 Å². The van der Waals surface area contributed by atoms with Crippen LogP contribution in [0.2, 0.25) is 0 Å². The summed E-state index contributed by atoms with van der Waals surface area (Å²) < 4.78 is 35.0. The maximum atomic E-state index is 13.4. The van der Waals surface area contributed by atoms with Gasteiger partial charge in [0.05, 0.1) is 30.6 Å². The van der Waals surface area contributed by atoms with Gasteiger partial charge in [-0.05, 0) is 42.7 Å². The molecule has 348 valence electrons. The van der Waals surface area contributed by atoms with Gasteiger partial charge in [-0.2, -0.15) is 5.26 Å². The Morgan fingerprint density at radius 3 is 2.42 bits per heavy atom. The van der Waals surface area contributed by atoms with Gasteiger partial charge in [-0.15, -0.1) is 0 Å². The summed E-state index contributed by atoms with van der Waals surface area (Å²) in [5, 5.41) is 60.3. The van der Waals surface area contributed by atoms with Gasteiger partial charge >= 0.3 is 6.03 Å². The van der Waals surface area contributed by atoms with Gasteiger partial charge in [-0.1, -0.05) is 6.92 Å². The van der Waals surface area contributed by atoms with Crippen LogP contribution in [0.5, 0.6) is 5.75 Å². The topological polar surface area (TPSA) is 302 Å². The molecule has 0 saturated carbocycles. The average Bonchev–Trinajstić information content (AvgIpc) is 3.73. The minimum atomic E-state index is -1.78. The Bertz CT molecular complexity index is 2140. The van der Waals surface area contributed by atoms with E-state index in [0.29, 0.717) is 41.4 Å². The highest BCUT2D eigenvalue weighted by atomic mass is 16.7. The zero-order valence-corrected chi connectivity index (χ0v) is 36.0. The third-order valence-electron chi connectivity index (χ3n) is 11.6. The lowest BCUT2D eigenvalue weighted by molar-refractivity contribution is -0.338. The SMILES string of the molecule is CO[C@@H]1OC(CO)[C@@H](O)[C@H](O[C@@H]2OC(C(=O)NCCOc3ccc(NC(=O)n4ccc5c(N(C)[C@H]6CN(C(=O)CC#N)CC[C@H]6C)ncnc54)cc3)[C@@H](OC)[C@H](O)C2O)C1NC(C)=O. The molecule has 23 heteroatoms. The number of likely N-dealkylation sites (N-methyl/N-ethyl adjacent to an activating group) is 1. The number of amides is 4. The van der Waals surface area contributed by atoms with Crippen molar-refractivity contribution < 1.29 is 68.0 Å². The number of fused-ring (bicyclic) bond motifs is 1. The van der Waals surface area contributed by atoms with Crippen LogP contribution >= 0.6 is 0 Å². The molecule has 0 bridgehead atoms. The molecule has 6 rings (SSSR count). The number of methoxy groups -OCH3 is 2. The van der Waals surface area contributed by atoms with Gasteiger partial charge in [0.1, 0.15) is 73.6 Å². The van der Waals surface area contributed by atoms with Crippen LogP contribution in [0, 0.1) is 17.2 Å². The highest BCUT2D eigenvalue weighted by molar-refractivity contribution is 6.00. The van der Waals surface area contributed by atoms with E-state index < -0.39 is 85.8 Å². The van der Waals surface area contributed by atoms with Crippen LogP contribution in [-0.4, -0.2) is 185 Å². The second kappa shape index (κ2) is 21.4. The second-order valence-electron chi connectivity index (χ2n) is 15.7. The lowest BCUT2D eigenvalue weighted by Crippen LogP contribution is -2.68. The molecule has 3 saturated heterocycles. The van der Waals surface area contributed by atoms with Crippen LogP contribution in [0.3, 0.4) is 0 Å². The van der Waals surface area contributed by atoms with Crippen LogP contribution in [0.15, 0.2) is 42.9 Å². The summed E-state index contributed by atoms with van der Waals surface area (Å²) in [5.41, 5.74) is 0.836. The number of aliphatic hydroxyl groups excluding tert-OH is 4. The summed E-state index contributed by atoms with van der Waals surface area (Å²) in [6.45, 7) is 3.65. The van der Waals surface area contributed by atoms with E-state index in [4.69, 9.17) is 33.7 Å². The Labute approximate surface area is 368 Å². The van der Waals surface area contributed by atoms with Gasteiger partial charge in [-0.25, -0.2) is 14.8 Å². The molecule has 4 unspecified atom stereocenters. The van der Waals surface area contributed by atoms with Crippen molar-refractivity contribution in [1.82, 2.24) is 30.1 Å². The summed E-state index contributed by atoms with van der Waals surface area (Å²) in [6, 6.07) is 8.48. The van der Waals surface area contributed by atoms with Crippen LogP contribution in [0.25, 0.3) is 11.0 Å². The number of carbonyl (C=O) groups excluding carboxylic acids is 4. The number of ether oxygens (including phenoxy) is 6. The predicted octanol–water partition coefficient (Wildman–Crippen LogP) is -1.33. The maximum Gasteiger partial charge on any atom is 0.331 e. The summed E-state index contributed by atoms with van der Waals surface area (Å²) in [5.74, 6) is -0.236. The fourth-order valence-electron chi connectivity index (χ4n) is 8.16. The number of benzene rings is 1. The molecule has 3 aliphatic heterocycles. The molecule has 7 N–H and O–H groups in total. The molecule has 3 fully saturated rings. The minimum Gasteiger partial charge on any atom is -0.492 e. The number of nitrogens with zero attached hydrogens (tertiary/aromatic N) is 6. The van der Waals surface area contributed by atoms with E-state index in [9.17, 15) is 39.6 Å². The first kappa shape index (κ1) is 47.9. The van der Waals surface area contributed by atoms with Gasteiger partial charge in [0.25, 0.3) is 5.91 Å². The second-order valence-corrected chi connectivity index (χ2v) is 15.7. The Morgan fingerprint density at radius 1 is 1.00 bits per heavy atom. The number of nitrogens with one attached hydrogen (secondary N) is 3. The Kier molecular flexibility index (Phi) is 16.0. The number of piperidine rings is 1. The highest BCUT2D eigenvalue weighted by Gasteiger charge is 2.53. The average molecular weight is 898 g/mol. The maximum absolute atomic E-state index is 13.4. The number of rotatable bonds is 15. The van der Waals surface area contributed by atoms with Gasteiger partial charge in [-0.3, -0.25) is 19.0 Å². The third kappa shape index (κ3) is 10.5. The highest BCUT2D eigenvalue weighted by Crippen LogP contribution is 2.32. The third-order valence-corrected chi connectivity index (χ3v) is 11.6. The number of likely N-dealkylation sites (tertiary alicyclic amines) is 1. The van der Waals surface area contributed by atoms with E-state index in [-0.39, 0.29) is 37.4 Å². The number of hydrogen-bond donors (Lipinski definition) is 7. The summed E-state index contributed by atoms with van der Waals surface area (Å²) in [4.78, 5) is 63.9. The van der Waals surface area contributed by atoms with Gasteiger partial charge in [0.15, 0.2) is 24.3 Å². The number of aliphatic hydroxyl groups is 4. The van der Waals surface area contributed by atoms with Gasteiger partial charge in [0.2, 0.25) is 11.8 Å². The van der Waals surface area contributed by atoms with Crippen LogP contribution in [0.1, 0.15) is 26.7 Å². The molecule has 4 amide bonds. The van der Waals surface area contributed by atoms with Gasteiger partial charge in [0, 0.05) is 53.2 Å². The first-order valence-electron chi connectivity index (χ1n) is 20.7. The predicted molar refractivity (Wildman–Crippen MR) is 222 cm³/mol. The molecular formula is C41H55N9O14. The van der Waals surface area contributed by atoms with Crippen molar-refractivity contribution >= 4 is 46.3 Å². The molecule has 0 aliphatic carbocycles. The molecule has 2 aromatic heterocycles. The fourth-order valence-corrected chi connectivity index (χ4v) is 8.16. The van der Waals surface area contributed by atoms with Crippen molar-refractivity contribution in [3.8, 4) is 11.8 Å². The molecule has 64 heavy (non-hydrogen) atoms. The lowest BCUT2D eigenvalue weighted by Gasteiger charge is -2.47. The van der Waals surface area contributed by atoms with E-state index in [0.717, 1.165) is 6.42 Å². The van der Waals surface area contributed by atoms with Crippen LogP contribution in [-0.2, 0) is 38.1 Å². The van der Waals surface area contributed by atoms with Gasteiger partial charge < -0.3 is 74.6 Å². The van der Waals surface area contributed by atoms with Crippen molar-refractivity contribution in [2.75, 3.05) is 64.3 Å². The quantitative estimate of drug-likeness (QED) is 0.0870. The van der Waals surface area contributed by atoms with E-state index in [1.165, 1.54) is 32.0 Å². The number of anilines is 2. The molecule has 3 aliphatic rings. The standard InChI is InChI=1S/C41H55N9O14/c1-21-11-15-49(28(53)10-13-42)18-26(21)48(3)36-25-12-16-50(37(25)45-20-44-36)41(58)47-23-6-8-24(9-7-23)61-17-14-43-38(57)35-34(59-4)31(55)32(56)40(64-35)63-33-29(46-22(2)52)39(60-5)62-27(19-51)30(33)54/h6-9,12,16,20-21,26-27,29-35,39-40,51,54-56H,10-11,14-15,17-19H2,1-5H3,(H,43,57)(H,46,52)(H,47,58)/t21-,26+,27?,29?,30-,31-,32?,33-,34+,35?,39-,40-/m1/s1. The lowest BCUT2D eigenvalue weighted by atomic mass is 9.92.